The van der Waals surface area contributed by atoms with Gasteiger partial charge in [-0.2, -0.15) is 0 Å². The summed E-state index contributed by atoms with van der Waals surface area (Å²) < 4.78 is 5.33. The fourth-order valence-electron chi connectivity index (χ4n) is 3.33. The van der Waals surface area contributed by atoms with E-state index in [-0.39, 0.29) is 0 Å². The summed E-state index contributed by atoms with van der Waals surface area (Å²) in [6.07, 6.45) is 3.77. The predicted octanol–water partition coefficient (Wildman–Crippen LogP) is 3.36. The van der Waals surface area contributed by atoms with Crippen LogP contribution in [-0.4, -0.2) is 20.2 Å². The molecule has 1 aromatic carbocycles. The van der Waals surface area contributed by atoms with Crippen LogP contribution in [0.15, 0.2) is 18.2 Å². The average Bonchev–Trinajstić information content (AvgIpc) is 2.38. The minimum Gasteiger partial charge on any atom is -0.497 e. The van der Waals surface area contributed by atoms with Crippen LogP contribution in [0.25, 0.3) is 0 Å². The molecule has 2 nitrogen and oxygen atoms in total. The number of hydrogen-bond acceptors (Lipinski definition) is 2. The van der Waals surface area contributed by atoms with Gasteiger partial charge in [-0.15, -0.1) is 0 Å². The Morgan fingerprint density at radius 2 is 2.11 bits per heavy atom. The van der Waals surface area contributed by atoms with Crippen molar-refractivity contribution in [2.24, 2.45) is 5.92 Å². The fourth-order valence-corrected chi connectivity index (χ4v) is 3.33. The number of fused-ring (bicyclic) bond motifs is 1. The smallest absolute Gasteiger partial charge is 0.119 e. The summed E-state index contributed by atoms with van der Waals surface area (Å²) in [7, 11) is 3.83. The summed E-state index contributed by atoms with van der Waals surface area (Å²) >= 11 is 0. The highest BCUT2D eigenvalue weighted by Gasteiger charge is 2.28. The zero-order valence-corrected chi connectivity index (χ0v) is 12.0. The van der Waals surface area contributed by atoms with E-state index in [1.807, 2.05) is 0 Å². The van der Waals surface area contributed by atoms with Crippen molar-refractivity contribution in [2.75, 3.05) is 14.2 Å². The van der Waals surface area contributed by atoms with Crippen LogP contribution in [0.3, 0.4) is 0 Å². The highest BCUT2D eigenvalue weighted by Crippen LogP contribution is 2.37. The lowest BCUT2D eigenvalue weighted by Crippen LogP contribution is -2.38. The van der Waals surface area contributed by atoms with E-state index >= 15 is 0 Å². The largest absolute Gasteiger partial charge is 0.497 e. The van der Waals surface area contributed by atoms with Crippen molar-refractivity contribution < 1.29 is 4.74 Å². The van der Waals surface area contributed by atoms with E-state index in [9.17, 15) is 0 Å². The summed E-state index contributed by atoms with van der Waals surface area (Å²) in [5.74, 6) is 2.29. The number of hydrogen-bond donors (Lipinski definition) is 1. The number of benzene rings is 1. The maximum atomic E-state index is 5.33. The summed E-state index contributed by atoms with van der Waals surface area (Å²) in [5.41, 5.74) is 3.00. The van der Waals surface area contributed by atoms with Gasteiger partial charge in [-0.25, -0.2) is 0 Å². The van der Waals surface area contributed by atoms with Crippen LogP contribution in [0.4, 0.5) is 0 Å². The van der Waals surface area contributed by atoms with Crippen LogP contribution in [0.2, 0.25) is 0 Å². The van der Waals surface area contributed by atoms with Gasteiger partial charge in [0.1, 0.15) is 5.75 Å². The van der Waals surface area contributed by atoms with Gasteiger partial charge in [-0.1, -0.05) is 19.9 Å². The molecule has 0 radical (unpaired) electrons. The Bertz CT molecular complexity index is 400. The highest BCUT2D eigenvalue weighted by molar-refractivity contribution is 5.40. The first-order valence-corrected chi connectivity index (χ1v) is 7.01. The molecular formula is C16H25NO. The van der Waals surface area contributed by atoms with Gasteiger partial charge >= 0.3 is 0 Å². The van der Waals surface area contributed by atoms with Crippen molar-refractivity contribution in [1.82, 2.24) is 5.32 Å². The second-order valence-electron chi connectivity index (χ2n) is 5.62. The molecule has 18 heavy (non-hydrogen) atoms. The first-order valence-electron chi connectivity index (χ1n) is 7.01. The van der Waals surface area contributed by atoms with Crippen molar-refractivity contribution in [3.63, 3.8) is 0 Å². The van der Waals surface area contributed by atoms with Crippen LogP contribution in [0.5, 0.6) is 5.75 Å². The van der Waals surface area contributed by atoms with Gasteiger partial charge in [-0.3, -0.25) is 0 Å². The van der Waals surface area contributed by atoms with E-state index < -0.39 is 0 Å². The summed E-state index contributed by atoms with van der Waals surface area (Å²) in [4.78, 5) is 0. The number of aryl methyl sites for hydroxylation is 1. The quantitative estimate of drug-likeness (QED) is 0.881. The molecule has 1 N–H and O–H groups in total. The molecule has 0 amide bonds. The molecule has 0 bridgehead atoms. The molecule has 100 valence electrons. The van der Waals surface area contributed by atoms with E-state index in [0.717, 1.165) is 5.75 Å². The molecule has 1 aromatic rings. The first-order chi connectivity index (χ1) is 8.67. The van der Waals surface area contributed by atoms with Crippen LogP contribution in [0.1, 0.15) is 43.7 Å². The van der Waals surface area contributed by atoms with Crippen LogP contribution in [-0.2, 0) is 6.42 Å². The lowest BCUT2D eigenvalue weighted by molar-refractivity contribution is 0.333. The zero-order chi connectivity index (χ0) is 13.1. The standard InChI is InChI=1S/C16H25NO/c1-11(2)16(17-3)15-7-5-6-12-10-13(18-4)8-9-14(12)15/h8-11,15-17H,5-7H2,1-4H3. The molecule has 0 spiro atoms. The summed E-state index contributed by atoms with van der Waals surface area (Å²) in [6, 6.07) is 7.15. The molecule has 2 atom stereocenters. The molecule has 1 aliphatic carbocycles. The third-order valence-corrected chi connectivity index (χ3v) is 4.20. The first kappa shape index (κ1) is 13.4. The monoisotopic (exact) mass is 247 g/mol. The summed E-state index contributed by atoms with van der Waals surface area (Å²) in [5, 5.41) is 3.51. The maximum Gasteiger partial charge on any atom is 0.119 e. The van der Waals surface area contributed by atoms with Crippen molar-refractivity contribution in [1.29, 1.82) is 0 Å². The van der Waals surface area contributed by atoms with E-state index in [1.54, 1.807) is 7.11 Å². The Morgan fingerprint density at radius 1 is 1.33 bits per heavy atom. The SMILES string of the molecule is CNC(C(C)C)C1CCCc2cc(OC)ccc21. The highest BCUT2D eigenvalue weighted by atomic mass is 16.5. The molecule has 0 saturated carbocycles. The predicted molar refractivity (Wildman–Crippen MR) is 76.4 cm³/mol. The Kier molecular flexibility index (Phi) is 4.28. The van der Waals surface area contributed by atoms with E-state index in [2.05, 4.69) is 44.4 Å². The lowest BCUT2D eigenvalue weighted by Gasteiger charge is -2.34. The van der Waals surface area contributed by atoms with Gasteiger partial charge in [0.2, 0.25) is 0 Å². The van der Waals surface area contributed by atoms with Gasteiger partial charge < -0.3 is 10.1 Å². The van der Waals surface area contributed by atoms with Gasteiger partial charge in [0.25, 0.3) is 0 Å². The van der Waals surface area contributed by atoms with Gasteiger partial charge in [0, 0.05) is 6.04 Å². The minimum absolute atomic E-state index is 0.567. The van der Waals surface area contributed by atoms with Crippen molar-refractivity contribution >= 4 is 0 Å². The molecule has 2 heteroatoms. The topological polar surface area (TPSA) is 21.3 Å². The Balaban J connectivity index is 2.32. The molecule has 0 aromatic heterocycles. The van der Waals surface area contributed by atoms with Gasteiger partial charge in [0.05, 0.1) is 7.11 Å². The number of nitrogens with one attached hydrogen (secondary N) is 1. The molecule has 0 heterocycles. The second kappa shape index (κ2) is 5.75. The minimum atomic E-state index is 0.567. The normalized spacial score (nSPS) is 20.6. The van der Waals surface area contributed by atoms with Crippen molar-refractivity contribution in [3.05, 3.63) is 29.3 Å². The van der Waals surface area contributed by atoms with Crippen molar-refractivity contribution in [2.45, 2.75) is 45.1 Å². The number of rotatable bonds is 4. The fraction of sp³-hybridized carbons (Fsp3) is 0.625. The molecule has 0 saturated heterocycles. The number of methoxy groups -OCH3 is 1. The third kappa shape index (κ3) is 2.54. The molecule has 2 rings (SSSR count). The van der Waals surface area contributed by atoms with E-state index in [0.29, 0.717) is 17.9 Å². The third-order valence-electron chi connectivity index (χ3n) is 4.20. The van der Waals surface area contributed by atoms with E-state index in [4.69, 9.17) is 4.74 Å². The zero-order valence-electron chi connectivity index (χ0n) is 12.0. The molecule has 0 aliphatic heterocycles. The van der Waals surface area contributed by atoms with Crippen LogP contribution >= 0.6 is 0 Å². The summed E-state index contributed by atoms with van der Waals surface area (Å²) in [6.45, 7) is 4.61. The second-order valence-corrected chi connectivity index (χ2v) is 5.62. The van der Waals surface area contributed by atoms with Gasteiger partial charge in [-0.05, 0) is 61.4 Å². The maximum absolute atomic E-state index is 5.33. The Morgan fingerprint density at radius 3 is 2.72 bits per heavy atom. The molecule has 0 fully saturated rings. The Labute approximate surface area is 111 Å². The number of ether oxygens (including phenoxy) is 1. The van der Waals surface area contributed by atoms with E-state index in [1.165, 1.54) is 30.4 Å². The van der Waals surface area contributed by atoms with Gasteiger partial charge in [0.15, 0.2) is 0 Å². The van der Waals surface area contributed by atoms with Crippen LogP contribution < -0.4 is 10.1 Å². The molecule has 1 aliphatic rings. The lowest BCUT2D eigenvalue weighted by atomic mass is 9.75. The number of likely N-dealkylation sites (N-methyl/N-ethyl adjacent to an activating group) is 1. The van der Waals surface area contributed by atoms with Crippen LogP contribution in [0, 0.1) is 5.92 Å². The molecular weight excluding hydrogens is 222 g/mol. The van der Waals surface area contributed by atoms with Crippen molar-refractivity contribution in [3.8, 4) is 5.75 Å². The Hall–Kier alpha value is -1.02. The average molecular weight is 247 g/mol. The molecule has 2 unspecified atom stereocenters.